The largest absolute Gasteiger partial charge is 0.377 e. The van der Waals surface area contributed by atoms with Crippen LogP contribution >= 0.6 is 0 Å². The third-order valence-corrected chi connectivity index (χ3v) is 4.50. The number of hydrogen-bond donors (Lipinski definition) is 1. The topological polar surface area (TPSA) is 12.0 Å². The fourth-order valence-electron chi connectivity index (χ4n) is 3.47. The van der Waals surface area contributed by atoms with Crippen LogP contribution in [-0.2, 0) is 0 Å². The van der Waals surface area contributed by atoms with Crippen molar-refractivity contribution in [3.8, 4) is 0 Å². The molecule has 22 heavy (non-hydrogen) atoms. The molecule has 108 valence electrons. The maximum absolute atomic E-state index is 3.73. The van der Waals surface area contributed by atoms with Gasteiger partial charge in [0, 0.05) is 11.6 Å². The van der Waals surface area contributed by atoms with Gasteiger partial charge in [-0.15, -0.1) is 0 Å². The SMILES string of the molecule is Cc1ccc2c(c1)C(c1ccccc1)C(c1ccccc1)N2. The zero-order valence-electron chi connectivity index (χ0n) is 12.7. The lowest BCUT2D eigenvalue weighted by atomic mass is 9.84. The monoisotopic (exact) mass is 285 g/mol. The smallest absolute Gasteiger partial charge is 0.0623 e. The van der Waals surface area contributed by atoms with E-state index in [2.05, 4.69) is 91.1 Å². The number of benzene rings is 3. The molecule has 2 atom stereocenters. The molecule has 0 saturated heterocycles. The second-order valence-corrected chi connectivity index (χ2v) is 6.01. The summed E-state index contributed by atoms with van der Waals surface area (Å²) >= 11 is 0. The molecule has 1 aliphatic rings. The van der Waals surface area contributed by atoms with Gasteiger partial charge in [-0.2, -0.15) is 0 Å². The van der Waals surface area contributed by atoms with Crippen LogP contribution in [0.3, 0.4) is 0 Å². The second-order valence-electron chi connectivity index (χ2n) is 6.01. The van der Waals surface area contributed by atoms with Gasteiger partial charge in [0.25, 0.3) is 0 Å². The average Bonchev–Trinajstić information content (AvgIpc) is 2.95. The van der Waals surface area contributed by atoms with Crippen molar-refractivity contribution in [1.29, 1.82) is 0 Å². The van der Waals surface area contributed by atoms with Gasteiger partial charge in [0.05, 0.1) is 6.04 Å². The molecule has 1 aliphatic heterocycles. The van der Waals surface area contributed by atoms with E-state index in [1.54, 1.807) is 0 Å². The molecule has 0 saturated carbocycles. The second kappa shape index (κ2) is 5.34. The van der Waals surface area contributed by atoms with Crippen LogP contribution in [-0.4, -0.2) is 0 Å². The van der Waals surface area contributed by atoms with Gasteiger partial charge in [-0.05, 0) is 29.7 Å². The number of rotatable bonds is 2. The zero-order chi connectivity index (χ0) is 14.9. The van der Waals surface area contributed by atoms with E-state index in [0.717, 1.165) is 0 Å². The summed E-state index contributed by atoms with van der Waals surface area (Å²) in [5.41, 5.74) is 6.68. The summed E-state index contributed by atoms with van der Waals surface area (Å²) in [6, 6.07) is 28.6. The lowest BCUT2D eigenvalue weighted by Crippen LogP contribution is -2.12. The summed E-state index contributed by atoms with van der Waals surface area (Å²) in [5.74, 6) is 0.360. The lowest BCUT2D eigenvalue weighted by molar-refractivity contribution is 0.713. The van der Waals surface area contributed by atoms with Gasteiger partial charge in [-0.3, -0.25) is 0 Å². The third kappa shape index (κ3) is 2.19. The molecule has 3 aromatic carbocycles. The standard InChI is InChI=1S/C21H19N/c1-15-12-13-19-18(14-15)20(16-8-4-2-5-9-16)21(22-19)17-10-6-3-7-11-17/h2-14,20-22H,1H3. The third-order valence-electron chi connectivity index (χ3n) is 4.50. The first-order chi connectivity index (χ1) is 10.8. The van der Waals surface area contributed by atoms with Crippen LogP contribution in [0.25, 0.3) is 0 Å². The highest BCUT2D eigenvalue weighted by Crippen LogP contribution is 2.47. The van der Waals surface area contributed by atoms with Crippen LogP contribution < -0.4 is 5.32 Å². The Bertz CT molecular complexity index is 778. The molecule has 0 radical (unpaired) electrons. The minimum atomic E-state index is 0.292. The molecule has 0 bridgehead atoms. The number of fused-ring (bicyclic) bond motifs is 1. The molecule has 0 spiro atoms. The molecule has 0 fully saturated rings. The molecule has 0 aliphatic carbocycles. The lowest BCUT2D eigenvalue weighted by Gasteiger charge is -2.21. The Morgan fingerprint density at radius 2 is 1.36 bits per heavy atom. The minimum absolute atomic E-state index is 0.292. The van der Waals surface area contributed by atoms with Gasteiger partial charge >= 0.3 is 0 Å². The molecule has 0 amide bonds. The number of aryl methyl sites for hydroxylation is 1. The van der Waals surface area contributed by atoms with Gasteiger partial charge in [0.1, 0.15) is 0 Å². The molecule has 1 heterocycles. The van der Waals surface area contributed by atoms with E-state index in [9.17, 15) is 0 Å². The minimum Gasteiger partial charge on any atom is -0.377 e. The normalized spacial score (nSPS) is 19.5. The number of nitrogens with one attached hydrogen (secondary N) is 1. The van der Waals surface area contributed by atoms with Gasteiger partial charge in [0.2, 0.25) is 0 Å². The maximum Gasteiger partial charge on any atom is 0.0623 e. The van der Waals surface area contributed by atoms with Crippen molar-refractivity contribution < 1.29 is 0 Å². The Kier molecular flexibility index (Phi) is 3.19. The van der Waals surface area contributed by atoms with Gasteiger partial charge in [-0.1, -0.05) is 78.4 Å². The van der Waals surface area contributed by atoms with Crippen molar-refractivity contribution >= 4 is 5.69 Å². The van der Waals surface area contributed by atoms with E-state index >= 15 is 0 Å². The quantitative estimate of drug-likeness (QED) is 0.674. The Hall–Kier alpha value is -2.54. The molecule has 1 nitrogen and oxygen atoms in total. The highest BCUT2D eigenvalue weighted by Gasteiger charge is 2.34. The molecular formula is C21H19N. The van der Waals surface area contributed by atoms with Crippen molar-refractivity contribution in [1.82, 2.24) is 0 Å². The number of anilines is 1. The molecule has 3 aromatic rings. The highest BCUT2D eigenvalue weighted by atomic mass is 15.0. The van der Waals surface area contributed by atoms with Gasteiger partial charge in [-0.25, -0.2) is 0 Å². The van der Waals surface area contributed by atoms with Crippen LogP contribution in [0.2, 0.25) is 0 Å². The molecule has 1 N–H and O–H groups in total. The summed E-state index contributed by atoms with van der Waals surface area (Å²) in [5, 5.41) is 3.73. The summed E-state index contributed by atoms with van der Waals surface area (Å²) in [4.78, 5) is 0. The molecule has 1 heteroatoms. The maximum atomic E-state index is 3.73. The molecule has 4 rings (SSSR count). The predicted octanol–water partition coefficient (Wildman–Crippen LogP) is 5.29. The molecule has 2 unspecified atom stereocenters. The van der Waals surface area contributed by atoms with Gasteiger partial charge < -0.3 is 5.32 Å². The first kappa shape index (κ1) is 13.1. The van der Waals surface area contributed by atoms with Crippen molar-refractivity contribution in [2.45, 2.75) is 18.9 Å². The van der Waals surface area contributed by atoms with Crippen molar-refractivity contribution in [3.05, 3.63) is 101 Å². The van der Waals surface area contributed by atoms with E-state index in [1.807, 2.05) is 0 Å². The van der Waals surface area contributed by atoms with Crippen molar-refractivity contribution in [2.24, 2.45) is 0 Å². The summed E-state index contributed by atoms with van der Waals surface area (Å²) in [6.07, 6.45) is 0. The first-order valence-electron chi connectivity index (χ1n) is 7.80. The van der Waals surface area contributed by atoms with E-state index in [1.165, 1.54) is 27.9 Å². The Labute approximate surface area is 131 Å². The predicted molar refractivity (Wildman–Crippen MR) is 92.3 cm³/mol. The van der Waals surface area contributed by atoms with Crippen molar-refractivity contribution in [2.75, 3.05) is 5.32 Å². The van der Waals surface area contributed by atoms with E-state index in [0.29, 0.717) is 12.0 Å². The van der Waals surface area contributed by atoms with Crippen LogP contribution in [0.4, 0.5) is 5.69 Å². The highest BCUT2D eigenvalue weighted by molar-refractivity contribution is 5.64. The van der Waals surface area contributed by atoms with Crippen LogP contribution in [0, 0.1) is 6.92 Å². The van der Waals surface area contributed by atoms with Gasteiger partial charge in [0.15, 0.2) is 0 Å². The Morgan fingerprint density at radius 3 is 2.05 bits per heavy atom. The van der Waals surface area contributed by atoms with E-state index < -0.39 is 0 Å². The zero-order valence-corrected chi connectivity index (χ0v) is 12.7. The molecular weight excluding hydrogens is 266 g/mol. The van der Waals surface area contributed by atoms with E-state index in [4.69, 9.17) is 0 Å². The first-order valence-corrected chi connectivity index (χ1v) is 7.80. The average molecular weight is 285 g/mol. The van der Waals surface area contributed by atoms with Crippen molar-refractivity contribution in [3.63, 3.8) is 0 Å². The fourth-order valence-corrected chi connectivity index (χ4v) is 3.47. The fraction of sp³-hybridized carbons (Fsp3) is 0.143. The summed E-state index contributed by atoms with van der Waals surface area (Å²) in [7, 11) is 0. The Balaban J connectivity index is 1.86. The van der Waals surface area contributed by atoms with Crippen LogP contribution in [0.5, 0.6) is 0 Å². The summed E-state index contributed by atoms with van der Waals surface area (Å²) < 4.78 is 0. The van der Waals surface area contributed by atoms with E-state index in [-0.39, 0.29) is 0 Å². The van der Waals surface area contributed by atoms with Crippen LogP contribution in [0.1, 0.15) is 34.2 Å². The van der Waals surface area contributed by atoms with Crippen LogP contribution in [0.15, 0.2) is 78.9 Å². The number of hydrogen-bond acceptors (Lipinski definition) is 1. The molecule has 0 aromatic heterocycles. The summed E-state index contributed by atoms with van der Waals surface area (Å²) in [6.45, 7) is 2.16. The Morgan fingerprint density at radius 1 is 0.727 bits per heavy atom.